The maximum Gasteiger partial charge on any atom is 0.179 e. The molecule has 0 spiro atoms. The summed E-state index contributed by atoms with van der Waals surface area (Å²) in [6.45, 7) is 1.97. The molecule has 7 rings (SSSR count). The normalized spacial score (nSPS) is 15.4. The second-order valence-electron chi connectivity index (χ2n) is 9.48. The number of fused-ring (bicyclic) bond motifs is 4. The molecule has 2 aromatic heterocycles. The number of anilines is 2. The van der Waals surface area contributed by atoms with Crippen LogP contribution in [-0.4, -0.2) is 33.5 Å². The summed E-state index contributed by atoms with van der Waals surface area (Å²) in [5.74, 6) is 2.97. The SMILES string of the molecule is COc1ccc(NC2=Nc3ccccc3N3C2=Nc2c(c(C)nn2-c2ccccn2)C3c2ccc(F)cc2)cc1. The van der Waals surface area contributed by atoms with E-state index in [1.165, 1.54) is 12.1 Å². The summed E-state index contributed by atoms with van der Waals surface area (Å²) in [6.07, 6.45) is 1.73. The predicted octanol–water partition coefficient (Wildman–Crippen LogP) is 6.52. The van der Waals surface area contributed by atoms with Crippen molar-refractivity contribution in [3.8, 4) is 11.6 Å². The summed E-state index contributed by atoms with van der Waals surface area (Å²) in [5.41, 5.74) is 5.15. The minimum atomic E-state index is -0.343. The maximum absolute atomic E-state index is 14.1. The Hall–Kier alpha value is -5.31. The van der Waals surface area contributed by atoms with Crippen molar-refractivity contribution in [3.05, 3.63) is 120 Å². The van der Waals surface area contributed by atoms with Crippen LogP contribution in [0.5, 0.6) is 5.75 Å². The zero-order valence-electron chi connectivity index (χ0n) is 21.8. The largest absolute Gasteiger partial charge is 0.497 e. The summed E-state index contributed by atoms with van der Waals surface area (Å²) in [7, 11) is 1.64. The Kier molecular flexibility index (Phi) is 5.62. The van der Waals surface area contributed by atoms with Crippen LogP contribution in [0.1, 0.15) is 22.9 Å². The van der Waals surface area contributed by atoms with Crippen molar-refractivity contribution in [2.24, 2.45) is 9.98 Å². The molecule has 40 heavy (non-hydrogen) atoms. The number of rotatable bonds is 4. The van der Waals surface area contributed by atoms with Gasteiger partial charge in [-0.1, -0.05) is 30.3 Å². The number of aromatic nitrogens is 3. The monoisotopic (exact) mass is 529 g/mol. The van der Waals surface area contributed by atoms with Crippen LogP contribution in [-0.2, 0) is 0 Å². The van der Waals surface area contributed by atoms with Crippen LogP contribution in [0.25, 0.3) is 5.82 Å². The Morgan fingerprint density at radius 2 is 1.65 bits per heavy atom. The third kappa shape index (κ3) is 3.90. The number of halogens is 1. The molecule has 8 nitrogen and oxygen atoms in total. The predicted molar refractivity (Wildman–Crippen MR) is 154 cm³/mol. The number of nitrogens with one attached hydrogen (secondary N) is 1. The fourth-order valence-electron chi connectivity index (χ4n) is 5.21. The molecule has 0 fully saturated rings. The first-order valence-corrected chi connectivity index (χ1v) is 12.8. The van der Waals surface area contributed by atoms with Crippen LogP contribution in [0.15, 0.2) is 107 Å². The number of para-hydroxylation sites is 2. The summed E-state index contributed by atoms with van der Waals surface area (Å²) < 4.78 is 21.2. The van der Waals surface area contributed by atoms with Gasteiger partial charge in [0.05, 0.1) is 30.2 Å². The number of amidine groups is 2. The van der Waals surface area contributed by atoms with E-state index in [0.29, 0.717) is 23.3 Å². The minimum absolute atomic E-state index is 0.294. The lowest BCUT2D eigenvalue weighted by Crippen LogP contribution is -2.46. The first kappa shape index (κ1) is 23.8. The van der Waals surface area contributed by atoms with E-state index in [9.17, 15) is 4.39 Å². The van der Waals surface area contributed by atoms with Crippen molar-refractivity contribution in [1.29, 1.82) is 0 Å². The first-order chi connectivity index (χ1) is 19.6. The molecule has 2 aliphatic rings. The molecule has 4 heterocycles. The van der Waals surface area contributed by atoms with Gasteiger partial charge in [0, 0.05) is 17.4 Å². The Labute approximate surface area is 230 Å². The van der Waals surface area contributed by atoms with Crippen LogP contribution in [0.4, 0.5) is 27.3 Å². The van der Waals surface area contributed by atoms with E-state index in [1.807, 2.05) is 85.8 Å². The fourth-order valence-corrected chi connectivity index (χ4v) is 5.21. The number of hydrogen-bond donors (Lipinski definition) is 1. The Bertz CT molecular complexity index is 1780. The quantitative estimate of drug-likeness (QED) is 0.287. The van der Waals surface area contributed by atoms with Gasteiger partial charge in [-0.05, 0) is 73.2 Å². The Morgan fingerprint density at radius 3 is 2.40 bits per heavy atom. The molecule has 1 atom stereocenters. The Balaban J connectivity index is 1.47. The van der Waals surface area contributed by atoms with Crippen molar-refractivity contribution in [2.75, 3.05) is 17.3 Å². The summed E-state index contributed by atoms with van der Waals surface area (Å²) in [5, 5.41) is 8.34. The molecule has 0 aliphatic carbocycles. The van der Waals surface area contributed by atoms with Gasteiger partial charge in [0.15, 0.2) is 23.3 Å². The van der Waals surface area contributed by atoms with E-state index >= 15 is 0 Å². The van der Waals surface area contributed by atoms with Gasteiger partial charge in [-0.2, -0.15) is 9.78 Å². The van der Waals surface area contributed by atoms with Crippen molar-refractivity contribution >= 4 is 34.6 Å². The number of nitrogens with zero attached hydrogens (tertiary/aromatic N) is 6. The van der Waals surface area contributed by atoms with Gasteiger partial charge in [-0.15, -0.1) is 0 Å². The summed E-state index contributed by atoms with van der Waals surface area (Å²) in [4.78, 5) is 16.9. The smallest absolute Gasteiger partial charge is 0.179 e. The van der Waals surface area contributed by atoms with Crippen molar-refractivity contribution in [1.82, 2.24) is 14.8 Å². The minimum Gasteiger partial charge on any atom is -0.497 e. The van der Waals surface area contributed by atoms with Gasteiger partial charge in [-0.3, -0.25) is 0 Å². The van der Waals surface area contributed by atoms with E-state index in [-0.39, 0.29) is 11.9 Å². The number of aliphatic imine (C=N–C) groups is 2. The Morgan fingerprint density at radius 1 is 0.875 bits per heavy atom. The molecule has 3 aromatic carbocycles. The lowest BCUT2D eigenvalue weighted by Gasteiger charge is -2.40. The van der Waals surface area contributed by atoms with Crippen LogP contribution in [0.3, 0.4) is 0 Å². The zero-order valence-corrected chi connectivity index (χ0v) is 21.8. The van der Waals surface area contributed by atoms with Gasteiger partial charge in [0.1, 0.15) is 11.6 Å². The molecule has 9 heteroatoms. The van der Waals surface area contributed by atoms with E-state index in [2.05, 4.69) is 15.2 Å². The van der Waals surface area contributed by atoms with Gasteiger partial charge in [0.25, 0.3) is 0 Å². The lowest BCUT2D eigenvalue weighted by molar-refractivity contribution is 0.415. The molecule has 0 radical (unpaired) electrons. The number of methoxy groups -OCH3 is 1. The second-order valence-corrected chi connectivity index (χ2v) is 9.48. The maximum atomic E-state index is 14.1. The van der Waals surface area contributed by atoms with Crippen molar-refractivity contribution in [2.45, 2.75) is 13.0 Å². The van der Waals surface area contributed by atoms with Crippen molar-refractivity contribution < 1.29 is 9.13 Å². The molecule has 1 unspecified atom stereocenters. The van der Waals surface area contributed by atoms with Gasteiger partial charge < -0.3 is 15.0 Å². The molecule has 1 N–H and O–H groups in total. The highest BCUT2D eigenvalue weighted by molar-refractivity contribution is 6.51. The summed E-state index contributed by atoms with van der Waals surface area (Å²) >= 11 is 0. The highest BCUT2D eigenvalue weighted by atomic mass is 19.1. The number of benzene rings is 3. The average molecular weight is 530 g/mol. The molecular formula is C31H24FN7O. The topological polar surface area (TPSA) is 79.9 Å². The highest BCUT2D eigenvalue weighted by Gasteiger charge is 2.41. The number of hydrogen-bond acceptors (Lipinski definition) is 7. The van der Waals surface area contributed by atoms with Crippen LogP contribution >= 0.6 is 0 Å². The van der Waals surface area contributed by atoms with E-state index < -0.39 is 0 Å². The molecule has 0 saturated carbocycles. The van der Waals surface area contributed by atoms with Crippen LogP contribution in [0, 0.1) is 12.7 Å². The highest BCUT2D eigenvalue weighted by Crippen LogP contribution is 2.48. The van der Waals surface area contributed by atoms with Gasteiger partial charge >= 0.3 is 0 Å². The van der Waals surface area contributed by atoms with Crippen LogP contribution < -0.4 is 15.0 Å². The van der Waals surface area contributed by atoms with Crippen molar-refractivity contribution in [3.63, 3.8) is 0 Å². The lowest BCUT2D eigenvalue weighted by atomic mass is 9.93. The number of aryl methyl sites for hydroxylation is 1. The van der Waals surface area contributed by atoms with Crippen LogP contribution in [0.2, 0.25) is 0 Å². The molecule has 0 amide bonds. The van der Waals surface area contributed by atoms with E-state index in [1.54, 1.807) is 18.0 Å². The van der Waals surface area contributed by atoms with E-state index in [0.717, 1.165) is 39.6 Å². The summed E-state index contributed by atoms with van der Waals surface area (Å²) in [6, 6.07) is 27.5. The molecule has 5 aromatic rings. The molecule has 0 saturated heterocycles. The van der Waals surface area contributed by atoms with Gasteiger partial charge in [0.2, 0.25) is 0 Å². The first-order valence-electron chi connectivity index (χ1n) is 12.8. The molecule has 196 valence electrons. The fraction of sp³-hybridized carbons (Fsp3) is 0.0968. The van der Waals surface area contributed by atoms with E-state index in [4.69, 9.17) is 19.8 Å². The third-order valence-corrected chi connectivity index (χ3v) is 7.04. The standard InChI is InChI=1S/C31H24FN7O/c1-19-27-28(20-10-12-21(32)13-11-20)38-25-8-4-3-7-24(25)35-29(34-22-14-16-23(40-2)17-15-22)31(38)36-30(27)39(37-19)26-9-5-6-18-33-26/h3-18,28H,1-2H3,(H,34,35). The zero-order chi connectivity index (χ0) is 27.2. The number of ether oxygens (including phenoxy) is 1. The number of pyridine rings is 1. The molecular weight excluding hydrogens is 505 g/mol. The van der Waals surface area contributed by atoms with Gasteiger partial charge in [-0.25, -0.2) is 19.4 Å². The average Bonchev–Trinajstić information content (AvgIpc) is 3.33. The second kappa shape index (κ2) is 9.46. The molecule has 2 aliphatic heterocycles. The third-order valence-electron chi connectivity index (χ3n) is 7.04. The molecule has 0 bridgehead atoms.